The highest BCUT2D eigenvalue weighted by molar-refractivity contribution is 6.03. The third-order valence-electron chi connectivity index (χ3n) is 8.95. The van der Waals surface area contributed by atoms with Crippen molar-refractivity contribution >= 4 is 23.5 Å². The second-order valence-corrected chi connectivity index (χ2v) is 13.5. The molecule has 0 bridgehead atoms. The molecule has 5 rings (SSSR count). The van der Waals surface area contributed by atoms with Crippen LogP contribution in [0, 0.1) is 35.4 Å². The van der Waals surface area contributed by atoms with Gasteiger partial charge in [0.15, 0.2) is 5.79 Å². The van der Waals surface area contributed by atoms with E-state index in [2.05, 4.69) is 23.7 Å². The summed E-state index contributed by atoms with van der Waals surface area (Å²) in [7, 11) is 0. The van der Waals surface area contributed by atoms with Gasteiger partial charge in [0, 0.05) is 43.9 Å². The smallest absolute Gasteiger partial charge is 0.304 e. The summed E-state index contributed by atoms with van der Waals surface area (Å²) in [6.45, 7) is 11.0. The number of hydrogen-bond acceptors (Lipinski definition) is 9. The van der Waals surface area contributed by atoms with Gasteiger partial charge in [-0.1, -0.05) is 36.1 Å². The van der Waals surface area contributed by atoms with Crippen LogP contribution in [0.25, 0.3) is 0 Å². The standard InChI is InChI=1S/C43H46FNO9/c1-7-49-39(50-8-2)24-13-31-11-20-36(21-12-31)45-40(37(41(45)48)22-23-38(53-29(3)46)33-16-18-35(44)19-17-33)34-14-9-32(10-15-34)25-26-43(54-30(4)47)27-51-42(5,6)52-28-43/h9-12,14-21,37-40H,7-8,22-23,27-28H2,1-6H3/t37-,38+,40-/m1/s1. The number of β-lactam (4-membered cyclic amide) rings is 1. The average Bonchev–Trinajstić information content (AvgIpc) is 3.14. The number of halogens is 1. The molecule has 3 aromatic rings. The zero-order valence-corrected chi connectivity index (χ0v) is 31.5. The molecule has 2 aliphatic heterocycles. The van der Waals surface area contributed by atoms with Crippen LogP contribution < -0.4 is 4.90 Å². The molecule has 0 saturated carbocycles. The first kappa shape index (κ1) is 40.2. The molecule has 10 nitrogen and oxygen atoms in total. The molecule has 0 aliphatic carbocycles. The van der Waals surface area contributed by atoms with E-state index < -0.39 is 47.5 Å². The summed E-state index contributed by atoms with van der Waals surface area (Å²) in [5.74, 6) is 9.52. The van der Waals surface area contributed by atoms with E-state index in [0.29, 0.717) is 42.9 Å². The summed E-state index contributed by atoms with van der Waals surface area (Å²) < 4.78 is 47.5. The van der Waals surface area contributed by atoms with E-state index >= 15 is 0 Å². The number of benzene rings is 3. The molecule has 0 N–H and O–H groups in total. The molecule has 3 atom stereocenters. The molecule has 0 spiro atoms. The van der Waals surface area contributed by atoms with Crippen molar-refractivity contribution in [1.82, 2.24) is 0 Å². The zero-order valence-electron chi connectivity index (χ0n) is 31.5. The summed E-state index contributed by atoms with van der Waals surface area (Å²) in [5, 5.41) is 0. The first-order chi connectivity index (χ1) is 25.8. The van der Waals surface area contributed by atoms with Crippen molar-refractivity contribution in [3.8, 4) is 23.7 Å². The normalized spacial score (nSPS) is 19.0. The highest BCUT2D eigenvalue weighted by Gasteiger charge is 2.48. The number of ether oxygens (including phenoxy) is 6. The Morgan fingerprint density at radius 2 is 1.46 bits per heavy atom. The predicted octanol–water partition coefficient (Wildman–Crippen LogP) is 6.80. The third-order valence-corrected chi connectivity index (χ3v) is 8.95. The van der Waals surface area contributed by atoms with Crippen LogP contribution in [0.4, 0.5) is 10.1 Å². The summed E-state index contributed by atoms with van der Waals surface area (Å²) in [5.41, 5.74) is 2.35. The minimum atomic E-state index is -1.26. The number of amides is 1. The SMILES string of the molecule is CCOC(C#Cc1ccc(N2C(=O)[C@H](CC[C@H](OC(C)=O)c3ccc(F)cc3)[C@H]2c2ccc(C#CC3(OC(C)=O)COC(C)(C)OC3)cc2)cc1)OCC. The van der Waals surface area contributed by atoms with E-state index in [1.165, 1.54) is 26.0 Å². The van der Waals surface area contributed by atoms with Gasteiger partial charge in [0.2, 0.25) is 17.8 Å². The van der Waals surface area contributed by atoms with Crippen LogP contribution in [0.1, 0.15) is 88.8 Å². The maximum atomic E-state index is 13.9. The number of anilines is 1. The molecule has 0 radical (unpaired) electrons. The summed E-state index contributed by atoms with van der Waals surface area (Å²) >= 11 is 0. The molecule has 2 fully saturated rings. The highest BCUT2D eigenvalue weighted by atomic mass is 19.1. The summed E-state index contributed by atoms with van der Waals surface area (Å²) in [4.78, 5) is 39.6. The van der Waals surface area contributed by atoms with Crippen molar-refractivity contribution in [2.45, 2.75) is 84.2 Å². The van der Waals surface area contributed by atoms with Gasteiger partial charge in [0.05, 0.1) is 12.0 Å². The number of esters is 2. The Balaban J connectivity index is 1.41. The number of carbonyl (C=O) groups is 3. The van der Waals surface area contributed by atoms with E-state index in [0.717, 1.165) is 11.1 Å². The van der Waals surface area contributed by atoms with Gasteiger partial charge in [0.25, 0.3) is 0 Å². The molecule has 0 aromatic heterocycles. The van der Waals surface area contributed by atoms with Crippen molar-refractivity contribution in [2.75, 3.05) is 31.3 Å². The van der Waals surface area contributed by atoms with E-state index in [1.807, 2.05) is 62.4 Å². The Labute approximate surface area is 316 Å². The van der Waals surface area contributed by atoms with Crippen LogP contribution in [-0.2, 0) is 42.8 Å². The van der Waals surface area contributed by atoms with Gasteiger partial charge in [-0.25, -0.2) is 4.39 Å². The van der Waals surface area contributed by atoms with Gasteiger partial charge in [-0.15, -0.1) is 0 Å². The lowest BCUT2D eigenvalue weighted by atomic mass is 9.78. The second kappa shape index (κ2) is 17.9. The molecule has 2 aliphatic rings. The highest BCUT2D eigenvalue weighted by Crippen LogP contribution is 2.46. The number of rotatable bonds is 12. The fourth-order valence-corrected chi connectivity index (χ4v) is 6.33. The van der Waals surface area contributed by atoms with Gasteiger partial charge in [0.1, 0.15) is 25.1 Å². The Morgan fingerprint density at radius 1 is 0.870 bits per heavy atom. The Morgan fingerprint density at radius 3 is 2.04 bits per heavy atom. The quantitative estimate of drug-likeness (QED) is 0.0858. The average molecular weight is 740 g/mol. The molecule has 3 aromatic carbocycles. The molecule has 2 heterocycles. The van der Waals surface area contributed by atoms with Crippen molar-refractivity contribution in [3.05, 3.63) is 101 Å². The van der Waals surface area contributed by atoms with E-state index in [-0.39, 0.29) is 25.2 Å². The number of nitrogens with zero attached hydrogens (tertiary/aromatic N) is 1. The molecule has 11 heteroatoms. The van der Waals surface area contributed by atoms with Gasteiger partial charge in [-0.3, -0.25) is 14.4 Å². The number of hydrogen-bond donors (Lipinski definition) is 0. The van der Waals surface area contributed by atoms with Crippen molar-refractivity contribution in [2.24, 2.45) is 5.92 Å². The first-order valence-electron chi connectivity index (χ1n) is 18.0. The van der Waals surface area contributed by atoms with E-state index in [1.54, 1.807) is 30.9 Å². The van der Waals surface area contributed by atoms with Gasteiger partial charge in [-0.2, -0.15) is 0 Å². The van der Waals surface area contributed by atoms with Crippen LogP contribution in [-0.4, -0.2) is 62.0 Å². The molecule has 0 unspecified atom stereocenters. The van der Waals surface area contributed by atoms with Crippen LogP contribution in [0.2, 0.25) is 0 Å². The Kier molecular flexibility index (Phi) is 13.3. The van der Waals surface area contributed by atoms with E-state index in [9.17, 15) is 18.8 Å². The first-order valence-corrected chi connectivity index (χ1v) is 18.0. The number of carbonyl (C=O) groups excluding carboxylic acids is 3. The lowest BCUT2D eigenvalue weighted by Crippen LogP contribution is -2.55. The van der Waals surface area contributed by atoms with Crippen LogP contribution in [0.3, 0.4) is 0 Å². The van der Waals surface area contributed by atoms with Crippen molar-refractivity contribution in [1.29, 1.82) is 0 Å². The van der Waals surface area contributed by atoms with Crippen LogP contribution in [0.15, 0.2) is 72.8 Å². The summed E-state index contributed by atoms with van der Waals surface area (Å²) in [6, 6.07) is 20.4. The largest absolute Gasteiger partial charge is 0.458 e. The fourth-order valence-electron chi connectivity index (χ4n) is 6.33. The van der Waals surface area contributed by atoms with E-state index in [4.69, 9.17) is 28.4 Å². The topological polar surface area (TPSA) is 110 Å². The second-order valence-electron chi connectivity index (χ2n) is 13.5. The minimum Gasteiger partial charge on any atom is -0.458 e. The lowest BCUT2D eigenvalue weighted by molar-refractivity contribution is -0.291. The molecule has 284 valence electrons. The monoisotopic (exact) mass is 739 g/mol. The fraction of sp³-hybridized carbons (Fsp3) is 0.419. The Bertz CT molecular complexity index is 1890. The predicted molar refractivity (Wildman–Crippen MR) is 198 cm³/mol. The van der Waals surface area contributed by atoms with Crippen LogP contribution in [0.5, 0.6) is 0 Å². The third kappa shape index (κ3) is 10.3. The van der Waals surface area contributed by atoms with Crippen LogP contribution >= 0.6 is 0 Å². The van der Waals surface area contributed by atoms with Gasteiger partial charge < -0.3 is 33.3 Å². The summed E-state index contributed by atoms with van der Waals surface area (Å²) in [6.07, 6.45) is -0.535. The zero-order chi connectivity index (χ0) is 38.9. The van der Waals surface area contributed by atoms with Crippen molar-refractivity contribution < 1.29 is 47.2 Å². The molecule has 2 saturated heterocycles. The maximum Gasteiger partial charge on any atom is 0.304 e. The molecule has 54 heavy (non-hydrogen) atoms. The van der Waals surface area contributed by atoms with Gasteiger partial charge >= 0.3 is 11.9 Å². The van der Waals surface area contributed by atoms with Crippen molar-refractivity contribution in [3.63, 3.8) is 0 Å². The molecule has 1 amide bonds. The Hall–Kier alpha value is -5.04. The minimum absolute atomic E-state index is 0.0573. The molecular formula is C43H46FNO9. The van der Waals surface area contributed by atoms with Gasteiger partial charge in [-0.05, 0) is 112 Å². The molecular weight excluding hydrogens is 693 g/mol. The lowest BCUT2D eigenvalue weighted by Gasteiger charge is -2.48. The maximum absolute atomic E-state index is 13.9.